The second-order valence-electron chi connectivity index (χ2n) is 5.05. The molecule has 4 nitrogen and oxygen atoms in total. The monoisotopic (exact) mass is 264 g/mol. The summed E-state index contributed by atoms with van der Waals surface area (Å²) in [6.07, 6.45) is 3.07. The molecule has 1 aromatic rings. The molecule has 0 fully saturated rings. The van der Waals surface area contributed by atoms with Gasteiger partial charge in [0.1, 0.15) is 5.75 Å². The number of nitrogens with one attached hydrogen (secondary N) is 1. The molecule has 0 saturated heterocycles. The van der Waals surface area contributed by atoms with Crippen LogP contribution in [-0.4, -0.2) is 25.9 Å². The van der Waals surface area contributed by atoms with Gasteiger partial charge in [-0.25, -0.2) is 0 Å². The first-order chi connectivity index (χ1) is 9.35. The molecule has 0 aromatic heterocycles. The molecule has 1 aliphatic heterocycles. The molecule has 0 radical (unpaired) electrons. The maximum atomic E-state index is 5.68. The summed E-state index contributed by atoms with van der Waals surface area (Å²) in [6, 6.07) is 8.48. The minimum Gasteiger partial charge on any atom is -0.493 e. The van der Waals surface area contributed by atoms with E-state index >= 15 is 0 Å². The van der Waals surface area contributed by atoms with Crippen LogP contribution in [0.4, 0.5) is 0 Å². The van der Waals surface area contributed by atoms with Gasteiger partial charge in [0.25, 0.3) is 0 Å². The minimum absolute atomic E-state index is 0.197. The van der Waals surface area contributed by atoms with Crippen molar-refractivity contribution in [3.63, 3.8) is 0 Å². The van der Waals surface area contributed by atoms with Gasteiger partial charge in [-0.05, 0) is 36.8 Å². The van der Waals surface area contributed by atoms with Crippen molar-refractivity contribution in [2.45, 2.75) is 38.1 Å². The molecule has 0 saturated carbocycles. The first kappa shape index (κ1) is 14.3. The molecular formula is C15H24N2O2. The molecule has 0 aliphatic carbocycles. The van der Waals surface area contributed by atoms with Crippen molar-refractivity contribution in [1.82, 2.24) is 5.43 Å². The smallest absolute Gasteiger partial charge is 0.122 e. The van der Waals surface area contributed by atoms with E-state index in [0.29, 0.717) is 12.5 Å². The average Bonchev–Trinajstić information content (AvgIpc) is 2.46. The Kier molecular flexibility index (Phi) is 5.63. The zero-order valence-corrected chi connectivity index (χ0v) is 11.6. The fraction of sp³-hybridized carbons (Fsp3) is 0.600. The minimum atomic E-state index is 0.197. The van der Waals surface area contributed by atoms with Gasteiger partial charge in [-0.3, -0.25) is 11.3 Å². The van der Waals surface area contributed by atoms with E-state index in [2.05, 4.69) is 24.5 Å². The first-order valence-corrected chi connectivity index (χ1v) is 7.10. The largest absolute Gasteiger partial charge is 0.493 e. The summed E-state index contributed by atoms with van der Waals surface area (Å²) in [6.45, 7) is 4.36. The lowest BCUT2D eigenvalue weighted by atomic mass is 9.88. The maximum Gasteiger partial charge on any atom is 0.122 e. The number of nitrogens with two attached hydrogens (primary N) is 1. The number of para-hydroxylation sites is 1. The third-order valence-corrected chi connectivity index (χ3v) is 3.55. The van der Waals surface area contributed by atoms with Crippen molar-refractivity contribution < 1.29 is 9.47 Å². The Hall–Kier alpha value is -1.10. The second-order valence-corrected chi connectivity index (χ2v) is 5.05. The molecule has 19 heavy (non-hydrogen) atoms. The molecule has 2 rings (SSSR count). The van der Waals surface area contributed by atoms with Crippen LogP contribution >= 0.6 is 0 Å². The third-order valence-electron chi connectivity index (χ3n) is 3.55. The zero-order valence-electron chi connectivity index (χ0n) is 11.6. The number of hydrogen-bond acceptors (Lipinski definition) is 4. The summed E-state index contributed by atoms with van der Waals surface area (Å²) in [5.41, 5.74) is 4.17. The maximum absolute atomic E-state index is 5.68. The van der Waals surface area contributed by atoms with Crippen molar-refractivity contribution in [3.8, 4) is 5.75 Å². The third kappa shape index (κ3) is 3.93. The summed E-state index contributed by atoms with van der Waals surface area (Å²) >= 11 is 0. The second kappa shape index (κ2) is 7.48. The van der Waals surface area contributed by atoms with Gasteiger partial charge in [0.05, 0.1) is 13.2 Å². The molecule has 2 atom stereocenters. The number of fused-ring (bicyclic) bond motifs is 1. The predicted molar refractivity (Wildman–Crippen MR) is 76.1 cm³/mol. The molecule has 0 amide bonds. The van der Waals surface area contributed by atoms with Crippen LogP contribution in [-0.2, 0) is 4.74 Å². The molecule has 3 N–H and O–H groups in total. The summed E-state index contributed by atoms with van der Waals surface area (Å²) in [7, 11) is 0. The van der Waals surface area contributed by atoms with E-state index in [4.69, 9.17) is 15.3 Å². The van der Waals surface area contributed by atoms with E-state index < -0.39 is 0 Å². The van der Waals surface area contributed by atoms with Crippen LogP contribution in [0.1, 0.15) is 37.7 Å². The van der Waals surface area contributed by atoms with Crippen LogP contribution in [0.5, 0.6) is 5.75 Å². The van der Waals surface area contributed by atoms with Crippen molar-refractivity contribution in [2.24, 2.45) is 5.84 Å². The topological polar surface area (TPSA) is 56.5 Å². The van der Waals surface area contributed by atoms with Crippen LogP contribution in [0.25, 0.3) is 0 Å². The Morgan fingerprint density at radius 3 is 3.11 bits per heavy atom. The van der Waals surface area contributed by atoms with E-state index in [9.17, 15) is 0 Å². The highest BCUT2D eigenvalue weighted by Crippen LogP contribution is 2.36. The van der Waals surface area contributed by atoms with Crippen LogP contribution in [0.3, 0.4) is 0 Å². The van der Waals surface area contributed by atoms with Gasteiger partial charge in [0.15, 0.2) is 0 Å². The highest BCUT2D eigenvalue weighted by molar-refractivity contribution is 5.37. The molecule has 2 unspecified atom stereocenters. The van der Waals surface area contributed by atoms with Gasteiger partial charge in [-0.2, -0.15) is 0 Å². The highest BCUT2D eigenvalue weighted by Gasteiger charge is 2.23. The Balaban J connectivity index is 1.94. The highest BCUT2D eigenvalue weighted by atomic mass is 16.5. The van der Waals surface area contributed by atoms with Crippen LogP contribution in [0, 0.1) is 0 Å². The lowest BCUT2D eigenvalue weighted by Gasteiger charge is -2.28. The zero-order chi connectivity index (χ0) is 13.5. The van der Waals surface area contributed by atoms with E-state index in [0.717, 1.165) is 38.2 Å². The molecule has 106 valence electrons. The number of rotatable bonds is 7. The van der Waals surface area contributed by atoms with Crippen molar-refractivity contribution in [3.05, 3.63) is 29.8 Å². The number of hydrogen-bond donors (Lipinski definition) is 2. The quantitative estimate of drug-likeness (QED) is 0.450. The van der Waals surface area contributed by atoms with E-state index in [1.165, 1.54) is 5.56 Å². The van der Waals surface area contributed by atoms with Gasteiger partial charge < -0.3 is 9.47 Å². The fourth-order valence-electron chi connectivity index (χ4n) is 2.56. The lowest BCUT2D eigenvalue weighted by molar-refractivity contribution is 0.105. The summed E-state index contributed by atoms with van der Waals surface area (Å²) in [4.78, 5) is 0. The van der Waals surface area contributed by atoms with E-state index in [1.807, 2.05) is 12.1 Å². The Morgan fingerprint density at radius 2 is 2.32 bits per heavy atom. The van der Waals surface area contributed by atoms with Crippen LogP contribution in [0.2, 0.25) is 0 Å². The number of benzene rings is 1. The normalized spacial score (nSPS) is 19.6. The molecule has 0 bridgehead atoms. The van der Waals surface area contributed by atoms with E-state index in [1.54, 1.807) is 0 Å². The van der Waals surface area contributed by atoms with Crippen molar-refractivity contribution in [1.29, 1.82) is 0 Å². The number of ether oxygens (including phenoxy) is 2. The van der Waals surface area contributed by atoms with Crippen LogP contribution < -0.4 is 16.0 Å². The van der Waals surface area contributed by atoms with E-state index in [-0.39, 0.29) is 6.04 Å². The van der Waals surface area contributed by atoms with Gasteiger partial charge in [-0.1, -0.05) is 25.1 Å². The molecule has 1 aliphatic rings. The standard InChI is InChI=1S/C15H24N2O2/c1-2-8-18-11-13(17-16)10-12-7-9-19-15-6-4-3-5-14(12)15/h3-6,12-13,17H,2,7-11,16H2,1H3. The first-order valence-electron chi connectivity index (χ1n) is 7.10. The van der Waals surface area contributed by atoms with Crippen molar-refractivity contribution >= 4 is 0 Å². The van der Waals surface area contributed by atoms with Crippen LogP contribution in [0.15, 0.2) is 24.3 Å². The Bertz CT molecular complexity index is 384. The molecule has 4 heteroatoms. The van der Waals surface area contributed by atoms with Gasteiger partial charge in [0.2, 0.25) is 0 Å². The molecule has 1 heterocycles. The summed E-state index contributed by atoms with van der Waals surface area (Å²) < 4.78 is 11.3. The predicted octanol–water partition coefficient (Wildman–Crippen LogP) is 2.20. The van der Waals surface area contributed by atoms with Gasteiger partial charge >= 0.3 is 0 Å². The van der Waals surface area contributed by atoms with Gasteiger partial charge in [-0.15, -0.1) is 0 Å². The molecule has 0 spiro atoms. The fourth-order valence-corrected chi connectivity index (χ4v) is 2.56. The summed E-state index contributed by atoms with van der Waals surface area (Å²) in [5, 5.41) is 0. The van der Waals surface area contributed by atoms with Crippen molar-refractivity contribution in [2.75, 3.05) is 19.8 Å². The molecular weight excluding hydrogens is 240 g/mol. The average molecular weight is 264 g/mol. The lowest BCUT2D eigenvalue weighted by Crippen LogP contribution is -2.40. The number of hydrazine groups is 1. The Morgan fingerprint density at radius 1 is 1.47 bits per heavy atom. The summed E-state index contributed by atoms with van der Waals surface area (Å²) in [5.74, 6) is 7.14. The van der Waals surface area contributed by atoms with Gasteiger partial charge in [0, 0.05) is 12.6 Å². The molecule has 1 aromatic carbocycles. The Labute approximate surface area is 115 Å². The SMILES string of the molecule is CCCOCC(CC1CCOc2ccccc21)NN.